The zero-order valence-electron chi connectivity index (χ0n) is 13.0. The monoisotopic (exact) mass is 314 g/mol. The quantitative estimate of drug-likeness (QED) is 0.884. The van der Waals surface area contributed by atoms with Crippen LogP contribution in [0.3, 0.4) is 0 Å². The third kappa shape index (κ3) is 3.11. The van der Waals surface area contributed by atoms with Crippen molar-refractivity contribution in [3.63, 3.8) is 0 Å². The minimum Gasteiger partial charge on any atom is -0.497 e. The number of nitrogens with zero attached hydrogens (tertiary/aromatic N) is 1. The van der Waals surface area contributed by atoms with E-state index in [0.29, 0.717) is 28.1 Å². The Balaban J connectivity index is 2.07. The molecule has 0 aliphatic heterocycles. The average molecular weight is 314 g/mol. The highest BCUT2D eigenvalue weighted by atomic mass is 16.5. The number of benzene rings is 1. The second-order valence-electron chi connectivity index (χ2n) is 5.79. The molecule has 1 aliphatic rings. The summed E-state index contributed by atoms with van der Waals surface area (Å²) >= 11 is 0. The topological polar surface area (TPSA) is 88.5 Å². The van der Waals surface area contributed by atoms with Gasteiger partial charge in [-0.25, -0.2) is 0 Å². The van der Waals surface area contributed by atoms with Gasteiger partial charge in [-0.15, -0.1) is 0 Å². The third-order valence-corrected chi connectivity index (χ3v) is 3.99. The Bertz CT molecular complexity index is 784. The maximum Gasteiger partial charge on any atom is 0.325 e. The third-order valence-electron chi connectivity index (χ3n) is 3.99. The van der Waals surface area contributed by atoms with E-state index in [1.54, 1.807) is 25.3 Å². The zero-order valence-corrected chi connectivity index (χ0v) is 13.0. The van der Waals surface area contributed by atoms with Gasteiger partial charge in [0.2, 0.25) is 0 Å². The molecule has 3 rings (SSSR count). The second kappa shape index (κ2) is 5.87. The van der Waals surface area contributed by atoms with Gasteiger partial charge in [0.1, 0.15) is 11.8 Å². The van der Waals surface area contributed by atoms with E-state index in [-0.39, 0.29) is 0 Å². The normalized spacial score (nSPS) is 15.2. The van der Waals surface area contributed by atoms with E-state index < -0.39 is 17.9 Å². The van der Waals surface area contributed by atoms with Gasteiger partial charge < -0.3 is 15.2 Å². The van der Waals surface area contributed by atoms with Crippen molar-refractivity contribution in [3.8, 4) is 5.75 Å². The molecule has 1 heterocycles. The van der Waals surface area contributed by atoms with Crippen molar-refractivity contribution in [2.75, 3.05) is 7.11 Å². The Morgan fingerprint density at radius 3 is 2.70 bits per heavy atom. The maximum atomic E-state index is 12.5. The number of hydrogen-bond acceptors (Lipinski definition) is 4. The highest BCUT2D eigenvalue weighted by molar-refractivity contribution is 6.07. The molecule has 0 radical (unpaired) electrons. The van der Waals surface area contributed by atoms with Crippen LogP contribution in [0.4, 0.5) is 0 Å². The number of fused-ring (bicyclic) bond motifs is 1. The summed E-state index contributed by atoms with van der Waals surface area (Å²) in [5, 5.41) is 12.1. The molecule has 1 amide bonds. The number of aromatic nitrogens is 1. The molecular formula is C17H18N2O4. The van der Waals surface area contributed by atoms with Crippen LogP contribution in [0.25, 0.3) is 10.9 Å². The summed E-state index contributed by atoms with van der Waals surface area (Å²) in [4.78, 5) is 28.1. The van der Waals surface area contributed by atoms with Gasteiger partial charge in [0, 0.05) is 17.0 Å². The van der Waals surface area contributed by atoms with E-state index >= 15 is 0 Å². The molecule has 1 aromatic heterocycles. The number of hydrogen-bond donors (Lipinski definition) is 2. The molecule has 23 heavy (non-hydrogen) atoms. The molecule has 120 valence electrons. The van der Waals surface area contributed by atoms with Crippen molar-refractivity contribution >= 4 is 22.8 Å². The number of carboxylic acid groups (broad SMARTS) is 1. The summed E-state index contributed by atoms with van der Waals surface area (Å²) < 4.78 is 5.21. The van der Waals surface area contributed by atoms with E-state index in [9.17, 15) is 9.59 Å². The van der Waals surface area contributed by atoms with Crippen molar-refractivity contribution in [2.45, 2.75) is 31.7 Å². The smallest absolute Gasteiger partial charge is 0.325 e. The van der Waals surface area contributed by atoms with Gasteiger partial charge in [-0.2, -0.15) is 0 Å². The number of amides is 1. The Morgan fingerprint density at radius 1 is 1.35 bits per heavy atom. The van der Waals surface area contributed by atoms with Crippen LogP contribution in [-0.2, 0) is 4.79 Å². The van der Waals surface area contributed by atoms with Crippen LogP contribution in [0.5, 0.6) is 5.75 Å². The van der Waals surface area contributed by atoms with Crippen molar-refractivity contribution in [2.24, 2.45) is 0 Å². The molecular weight excluding hydrogens is 296 g/mol. The summed E-state index contributed by atoms with van der Waals surface area (Å²) in [5.74, 6) is -0.470. The first-order valence-corrected chi connectivity index (χ1v) is 7.52. The van der Waals surface area contributed by atoms with Crippen LogP contribution in [0.15, 0.2) is 24.3 Å². The van der Waals surface area contributed by atoms with E-state index in [1.807, 2.05) is 6.07 Å². The molecule has 1 aliphatic carbocycles. The number of nitrogens with one attached hydrogen (secondary N) is 1. The first-order valence-electron chi connectivity index (χ1n) is 7.52. The molecule has 2 aromatic rings. The van der Waals surface area contributed by atoms with Crippen molar-refractivity contribution < 1.29 is 19.4 Å². The fourth-order valence-electron chi connectivity index (χ4n) is 2.46. The lowest BCUT2D eigenvalue weighted by Crippen LogP contribution is -2.38. The van der Waals surface area contributed by atoms with Crippen molar-refractivity contribution in [3.05, 3.63) is 35.5 Å². The molecule has 1 saturated carbocycles. The van der Waals surface area contributed by atoms with Gasteiger partial charge in [0.15, 0.2) is 0 Å². The predicted molar refractivity (Wildman–Crippen MR) is 84.8 cm³/mol. The first-order chi connectivity index (χ1) is 11.0. The molecule has 1 aromatic carbocycles. The molecule has 0 spiro atoms. The second-order valence-corrected chi connectivity index (χ2v) is 5.79. The predicted octanol–water partition coefficient (Wildman–Crippen LogP) is 2.32. The van der Waals surface area contributed by atoms with E-state index in [4.69, 9.17) is 9.84 Å². The van der Waals surface area contributed by atoms with Crippen molar-refractivity contribution in [1.29, 1.82) is 0 Å². The van der Waals surface area contributed by atoms with Crippen LogP contribution in [0.1, 0.15) is 41.7 Å². The molecule has 0 unspecified atom stereocenters. The van der Waals surface area contributed by atoms with Gasteiger partial charge in [-0.3, -0.25) is 14.6 Å². The van der Waals surface area contributed by atoms with Crippen LogP contribution in [-0.4, -0.2) is 35.1 Å². The number of carboxylic acids is 1. The number of pyridine rings is 1. The molecule has 6 nitrogen and oxygen atoms in total. The largest absolute Gasteiger partial charge is 0.497 e. The van der Waals surface area contributed by atoms with Crippen LogP contribution >= 0.6 is 0 Å². The molecule has 1 atom stereocenters. The standard InChI is InChI=1S/C17H18N2O4/c1-9(17(21)22)18-16(20)13-8-15(10-3-4-10)19-14-6-5-11(23-2)7-12(13)14/h5-10H,3-4H2,1-2H3,(H,18,20)(H,21,22)/t9-/m1/s1. The van der Waals surface area contributed by atoms with Gasteiger partial charge in [-0.05, 0) is 44.0 Å². The Morgan fingerprint density at radius 2 is 2.09 bits per heavy atom. The molecule has 0 saturated heterocycles. The molecule has 2 N–H and O–H groups in total. The number of methoxy groups -OCH3 is 1. The molecule has 1 fully saturated rings. The van der Waals surface area contributed by atoms with Crippen LogP contribution in [0, 0.1) is 0 Å². The SMILES string of the molecule is COc1ccc2nc(C3CC3)cc(C(=O)N[C@H](C)C(=O)O)c2c1. The number of aliphatic carboxylic acids is 1. The number of carbonyl (C=O) groups is 2. The number of rotatable bonds is 5. The number of ether oxygens (including phenoxy) is 1. The summed E-state index contributed by atoms with van der Waals surface area (Å²) in [6.45, 7) is 1.44. The van der Waals surface area contributed by atoms with Gasteiger partial charge in [0.05, 0.1) is 18.2 Å². The Hall–Kier alpha value is -2.63. The minimum atomic E-state index is -1.07. The zero-order chi connectivity index (χ0) is 16.6. The summed E-state index contributed by atoms with van der Waals surface area (Å²) in [6, 6.07) is 6.17. The Labute approximate surface area is 133 Å². The first kappa shape index (κ1) is 15.3. The van der Waals surface area contributed by atoms with E-state index in [2.05, 4.69) is 10.3 Å². The lowest BCUT2D eigenvalue weighted by Gasteiger charge is -2.13. The number of carbonyl (C=O) groups excluding carboxylic acids is 1. The lowest BCUT2D eigenvalue weighted by molar-refractivity contribution is -0.138. The fourth-order valence-corrected chi connectivity index (χ4v) is 2.46. The fraction of sp³-hybridized carbons (Fsp3) is 0.353. The highest BCUT2D eigenvalue weighted by Gasteiger charge is 2.27. The molecule has 6 heteroatoms. The summed E-state index contributed by atoms with van der Waals surface area (Å²) in [7, 11) is 1.55. The Kier molecular flexibility index (Phi) is 3.90. The van der Waals surface area contributed by atoms with E-state index in [1.165, 1.54) is 6.92 Å². The van der Waals surface area contributed by atoms with Crippen LogP contribution < -0.4 is 10.1 Å². The summed E-state index contributed by atoms with van der Waals surface area (Å²) in [5.41, 5.74) is 2.03. The van der Waals surface area contributed by atoms with Crippen molar-refractivity contribution in [1.82, 2.24) is 10.3 Å². The van der Waals surface area contributed by atoms with Gasteiger partial charge in [0.25, 0.3) is 5.91 Å². The molecule has 0 bridgehead atoms. The average Bonchev–Trinajstić information content (AvgIpc) is 3.37. The maximum absolute atomic E-state index is 12.5. The van der Waals surface area contributed by atoms with Gasteiger partial charge in [-0.1, -0.05) is 0 Å². The van der Waals surface area contributed by atoms with E-state index in [0.717, 1.165) is 18.5 Å². The lowest BCUT2D eigenvalue weighted by atomic mass is 10.0. The minimum absolute atomic E-state index is 0.393. The van der Waals surface area contributed by atoms with Gasteiger partial charge >= 0.3 is 5.97 Å². The summed E-state index contributed by atoms with van der Waals surface area (Å²) in [6.07, 6.45) is 2.14. The highest BCUT2D eigenvalue weighted by Crippen LogP contribution is 2.40. The van der Waals surface area contributed by atoms with Crippen LogP contribution in [0.2, 0.25) is 0 Å².